The first-order valence-electron chi connectivity index (χ1n) is 15.9. The molecule has 6 rings (SSSR count). The molecule has 1 saturated carbocycles. The Balaban J connectivity index is 1.07. The number of amidine groups is 1. The average Bonchev–Trinajstić information content (AvgIpc) is 3.75. The van der Waals surface area contributed by atoms with Gasteiger partial charge < -0.3 is 19.7 Å². The zero-order chi connectivity index (χ0) is 33.8. The van der Waals surface area contributed by atoms with E-state index in [0.717, 1.165) is 55.0 Å². The number of carbonyl (C=O) groups is 1. The van der Waals surface area contributed by atoms with Gasteiger partial charge in [-0.15, -0.1) is 18.3 Å². The molecule has 2 amide bonds. The lowest BCUT2D eigenvalue weighted by molar-refractivity contribution is -0.274. The van der Waals surface area contributed by atoms with Crippen LogP contribution in [-0.2, 0) is 0 Å². The van der Waals surface area contributed by atoms with E-state index in [1.165, 1.54) is 46.4 Å². The lowest BCUT2D eigenvalue weighted by Crippen LogP contribution is -2.38. The van der Waals surface area contributed by atoms with E-state index in [0.29, 0.717) is 28.5 Å². The molecule has 2 atom stereocenters. The first kappa shape index (κ1) is 33.4. The van der Waals surface area contributed by atoms with Crippen LogP contribution in [-0.4, -0.2) is 57.8 Å². The summed E-state index contributed by atoms with van der Waals surface area (Å²) in [7, 11) is 1.66. The Hall–Kier alpha value is -4.52. The Bertz CT molecular complexity index is 1760. The van der Waals surface area contributed by atoms with Crippen molar-refractivity contribution in [1.82, 2.24) is 20.1 Å². The number of aliphatic imine (C=N–C) groups is 1. The molecule has 3 aromatic carbocycles. The standard InChI is InChI=1S/C35H37F3N6O3S/c1-22(2)30-16-15-29(46-3)20-31(30)43-17-4-18-48-34(43)41-33(45)40-26-10-9-25(19-26)23-5-7-24(8-6-23)32-39-21-44(42-32)27-11-13-28(14-12-27)47-35(36,37)38/h5-8,11-16,20-22,25-26H,4,9-10,17-19H2,1-3H3,(H,40,45). The first-order chi connectivity index (χ1) is 23.1. The smallest absolute Gasteiger partial charge is 0.497 e. The van der Waals surface area contributed by atoms with Crippen LogP contribution in [0, 0.1) is 0 Å². The number of hydrogen-bond acceptors (Lipinski definition) is 6. The number of halogens is 3. The molecule has 252 valence electrons. The topological polar surface area (TPSA) is 93.9 Å². The van der Waals surface area contributed by atoms with Crippen LogP contribution in [0.15, 0.2) is 78.0 Å². The molecule has 1 aromatic heterocycles. The Kier molecular flexibility index (Phi) is 9.95. The van der Waals surface area contributed by atoms with E-state index in [-0.39, 0.29) is 17.8 Å². The lowest BCUT2D eigenvalue weighted by atomic mass is 9.96. The molecule has 0 bridgehead atoms. The number of nitrogens with zero attached hydrogens (tertiary/aromatic N) is 5. The highest BCUT2D eigenvalue weighted by Gasteiger charge is 2.31. The molecule has 0 spiro atoms. The molecule has 1 aliphatic carbocycles. The molecule has 48 heavy (non-hydrogen) atoms. The summed E-state index contributed by atoms with van der Waals surface area (Å²) in [5, 5.41) is 8.35. The van der Waals surface area contributed by atoms with Crippen molar-refractivity contribution in [2.75, 3.05) is 24.3 Å². The SMILES string of the molecule is COc1ccc(C(C)C)c(N2CCCSC2=NC(=O)NC2CCC(c3ccc(-c4ncn(-c5ccc(OC(F)(F)F)cc5)n4)cc3)C2)c1. The van der Waals surface area contributed by atoms with E-state index in [9.17, 15) is 18.0 Å². The number of anilines is 1. The molecule has 13 heteroatoms. The molecule has 4 aromatic rings. The van der Waals surface area contributed by atoms with Gasteiger partial charge in [0.1, 0.15) is 17.8 Å². The highest BCUT2D eigenvalue weighted by molar-refractivity contribution is 8.14. The predicted octanol–water partition coefficient (Wildman–Crippen LogP) is 8.31. The summed E-state index contributed by atoms with van der Waals surface area (Å²) in [4.78, 5) is 24.2. The molecule has 1 saturated heterocycles. The van der Waals surface area contributed by atoms with Crippen LogP contribution in [0.5, 0.6) is 11.5 Å². The molecule has 9 nitrogen and oxygen atoms in total. The summed E-state index contributed by atoms with van der Waals surface area (Å²) in [6, 6.07) is 19.3. The number of urea groups is 1. The van der Waals surface area contributed by atoms with Gasteiger partial charge in [-0.3, -0.25) is 0 Å². The number of methoxy groups -OCH3 is 1. The van der Waals surface area contributed by atoms with Crippen molar-refractivity contribution in [1.29, 1.82) is 0 Å². The molecule has 0 radical (unpaired) electrons. The Morgan fingerprint density at radius 2 is 1.79 bits per heavy atom. The van der Waals surface area contributed by atoms with Gasteiger partial charge in [0.05, 0.1) is 12.8 Å². The van der Waals surface area contributed by atoms with Crippen molar-refractivity contribution in [2.45, 2.75) is 63.8 Å². The number of nitrogens with one attached hydrogen (secondary N) is 1. The fraction of sp³-hybridized carbons (Fsp3) is 0.371. The third-order valence-electron chi connectivity index (χ3n) is 8.56. The normalized spacial score (nSPS) is 19.1. The van der Waals surface area contributed by atoms with Crippen LogP contribution in [0.2, 0.25) is 0 Å². The maximum absolute atomic E-state index is 13.2. The van der Waals surface area contributed by atoms with Gasteiger partial charge in [-0.25, -0.2) is 14.5 Å². The molecule has 2 aliphatic rings. The van der Waals surface area contributed by atoms with Gasteiger partial charge >= 0.3 is 12.4 Å². The first-order valence-corrected chi connectivity index (χ1v) is 16.9. The Labute approximate surface area is 281 Å². The van der Waals surface area contributed by atoms with Crippen LogP contribution in [0.3, 0.4) is 0 Å². The minimum absolute atomic E-state index is 0.0295. The van der Waals surface area contributed by atoms with E-state index < -0.39 is 6.36 Å². The number of thioether (sulfide) groups is 1. The highest BCUT2D eigenvalue weighted by Crippen LogP contribution is 2.37. The summed E-state index contributed by atoms with van der Waals surface area (Å²) in [6.45, 7) is 5.11. The number of ether oxygens (including phenoxy) is 2. The van der Waals surface area contributed by atoms with Crippen LogP contribution in [0.1, 0.15) is 62.5 Å². The maximum Gasteiger partial charge on any atom is 0.573 e. The summed E-state index contributed by atoms with van der Waals surface area (Å²) < 4.78 is 48.3. The van der Waals surface area contributed by atoms with Crippen LogP contribution < -0.4 is 19.7 Å². The van der Waals surface area contributed by atoms with Crippen LogP contribution in [0.4, 0.5) is 23.7 Å². The van der Waals surface area contributed by atoms with E-state index in [1.54, 1.807) is 18.9 Å². The molecular weight excluding hydrogens is 641 g/mol. The second-order valence-corrected chi connectivity index (χ2v) is 13.2. The van der Waals surface area contributed by atoms with Gasteiger partial charge in [0, 0.05) is 35.7 Å². The number of carbonyl (C=O) groups excluding carboxylic acids is 1. The lowest BCUT2D eigenvalue weighted by Gasteiger charge is -2.32. The van der Waals surface area contributed by atoms with Crippen LogP contribution in [0.25, 0.3) is 17.1 Å². The average molecular weight is 679 g/mol. The number of aromatic nitrogens is 3. The molecular formula is C35H37F3N6O3S. The zero-order valence-corrected chi connectivity index (χ0v) is 27.7. The number of rotatable bonds is 8. The number of alkyl halides is 3. The zero-order valence-electron chi connectivity index (χ0n) is 26.9. The maximum atomic E-state index is 13.2. The highest BCUT2D eigenvalue weighted by atomic mass is 32.2. The van der Waals surface area contributed by atoms with E-state index >= 15 is 0 Å². The van der Waals surface area contributed by atoms with Gasteiger partial charge in [0.2, 0.25) is 0 Å². The van der Waals surface area contributed by atoms with E-state index in [2.05, 4.69) is 62.1 Å². The van der Waals surface area contributed by atoms with E-state index in [1.807, 2.05) is 24.3 Å². The summed E-state index contributed by atoms with van der Waals surface area (Å²) in [5.41, 5.74) is 4.77. The van der Waals surface area contributed by atoms with Crippen molar-refractivity contribution in [2.24, 2.45) is 4.99 Å². The summed E-state index contributed by atoms with van der Waals surface area (Å²) in [6.07, 6.45) is 0.404. The van der Waals surface area contributed by atoms with Gasteiger partial charge in [-0.05, 0) is 79.0 Å². The van der Waals surface area contributed by atoms with Crippen molar-refractivity contribution >= 4 is 28.6 Å². The van der Waals surface area contributed by atoms with Gasteiger partial charge in [-0.1, -0.05) is 55.9 Å². The molecule has 2 heterocycles. The van der Waals surface area contributed by atoms with Crippen LogP contribution >= 0.6 is 11.8 Å². The minimum Gasteiger partial charge on any atom is -0.497 e. The Morgan fingerprint density at radius 3 is 2.50 bits per heavy atom. The van der Waals surface area contributed by atoms with Gasteiger partial charge in [0.25, 0.3) is 0 Å². The molecule has 1 N–H and O–H groups in total. The van der Waals surface area contributed by atoms with Gasteiger partial charge in [0.15, 0.2) is 11.0 Å². The van der Waals surface area contributed by atoms with Gasteiger partial charge in [-0.2, -0.15) is 4.99 Å². The van der Waals surface area contributed by atoms with E-state index in [4.69, 9.17) is 4.74 Å². The third kappa shape index (κ3) is 7.95. The minimum atomic E-state index is -4.75. The molecule has 1 aliphatic heterocycles. The van der Waals surface area contributed by atoms with Crippen molar-refractivity contribution in [3.05, 3.63) is 84.2 Å². The number of benzene rings is 3. The fourth-order valence-corrected chi connectivity index (χ4v) is 7.13. The predicted molar refractivity (Wildman–Crippen MR) is 181 cm³/mol. The fourth-order valence-electron chi connectivity index (χ4n) is 6.18. The monoisotopic (exact) mass is 678 g/mol. The van der Waals surface area contributed by atoms with Crippen molar-refractivity contribution in [3.8, 4) is 28.6 Å². The molecule has 2 fully saturated rings. The molecule has 2 unspecified atom stereocenters. The third-order valence-corrected chi connectivity index (χ3v) is 9.63. The summed E-state index contributed by atoms with van der Waals surface area (Å²) >= 11 is 1.61. The van der Waals surface area contributed by atoms with Crippen molar-refractivity contribution < 1.29 is 27.4 Å². The summed E-state index contributed by atoms with van der Waals surface area (Å²) in [5.74, 6) is 2.49. The Morgan fingerprint density at radius 1 is 1.04 bits per heavy atom. The quantitative estimate of drug-likeness (QED) is 0.200. The van der Waals surface area contributed by atoms with Crippen molar-refractivity contribution in [3.63, 3.8) is 0 Å². The largest absolute Gasteiger partial charge is 0.573 e. The number of amides is 2. The second-order valence-electron chi connectivity index (χ2n) is 12.2. The second kappa shape index (κ2) is 14.3. The number of hydrogen-bond donors (Lipinski definition) is 1.